The van der Waals surface area contributed by atoms with Gasteiger partial charge in [-0.05, 0) is 50.6 Å². The van der Waals surface area contributed by atoms with Crippen molar-refractivity contribution in [3.05, 3.63) is 59.2 Å². The van der Waals surface area contributed by atoms with E-state index < -0.39 is 35.2 Å². The van der Waals surface area contributed by atoms with E-state index in [-0.39, 0.29) is 19.0 Å². The van der Waals surface area contributed by atoms with Crippen LogP contribution >= 0.6 is 0 Å². The Labute approximate surface area is 186 Å². The normalized spacial score (nSPS) is 11.7. The van der Waals surface area contributed by atoms with E-state index in [1.807, 2.05) is 32.0 Å². The molecule has 2 aromatic rings. The summed E-state index contributed by atoms with van der Waals surface area (Å²) in [6.45, 7) is 6.92. The molecule has 1 atom stereocenters. The fourth-order valence-corrected chi connectivity index (χ4v) is 3.18. The number of benzene rings is 2. The van der Waals surface area contributed by atoms with Gasteiger partial charge in [0.2, 0.25) is 17.7 Å². The number of nitrogens with one attached hydrogen (secondary N) is 3. The van der Waals surface area contributed by atoms with E-state index in [2.05, 4.69) is 16.0 Å². The molecule has 0 aromatic heterocycles. The molecule has 1 unspecified atom stereocenters. The molecule has 3 amide bonds. The zero-order chi connectivity index (χ0) is 23.8. The molecule has 0 heterocycles. The molecule has 32 heavy (non-hydrogen) atoms. The maximum Gasteiger partial charge on any atom is 0.243 e. The molecule has 0 aliphatic heterocycles. The van der Waals surface area contributed by atoms with Crippen LogP contribution in [0.3, 0.4) is 0 Å². The third-order valence-electron chi connectivity index (χ3n) is 5.08. The highest BCUT2D eigenvalue weighted by Crippen LogP contribution is 2.19. The first-order valence-electron chi connectivity index (χ1n) is 10.3. The number of carbonyl (C=O) groups is 3. The molecule has 0 aliphatic rings. The van der Waals surface area contributed by atoms with Crippen LogP contribution in [0.1, 0.15) is 25.0 Å². The molecular formula is C23H28F2N4O3. The molecule has 0 saturated carbocycles. The van der Waals surface area contributed by atoms with Crippen molar-refractivity contribution in [2.45, 2.75) is 33.7 Å². The van der Waals surface area contributed by atoms with Gasteiger partial charge in [-0.15, -0.1) is 0 Å². The SMILES string of the molecule is CCN(CC(=O)Nc1c(F)cccc1F)C(C)C(=O)NCC(=O)Nc1c(C)cccc1C. The van der Waals surface area contributed by atoms with Crippen molar-refractivity contribution in [2.24, 2.45) is 0 Å². The van der Waals surface area contributed by atoms with Crippen molar-refractivity contribution in [3.8, 4) is 0 Å². The van der Waals surface area contributed by atoms with Gasteiger partial charge in [0.1, 0.15) is 17.3 Å². The smallest absolute Gasteiger partial charge is 0.243 e. The lowest BCUT2D eigenvalue weighted by atomic mass is 10.1. The highest BCUT2D eigenvalue weighted by molar-refractivity contribution is 5.96. The molecule has 0 radical (unpaired) electrons. The van der Waals surface area contributed by atoms with Gasteiger partial charge < -0.3 is 16.0 Å². The summed E-state index contributed by atoms with van der Waals surface area (Å²) in [6, 6.07) is 8.16. The summed E-state index contributed by atoms with van der Waals surface area (Å²) in [7, 11) is 0. The van der Waals surface area contributed by atoms with Crippen molar-refractivity contribution in [3.63, 3.8) is 0 Å². The number of nitrogens with zero attached hydrogens (tertiary/aromatic N) is 1. The number of aryl methyl sites for hydroxylation is 2. The minimum absolute atomic E-state index is 0.235. The van der Waals surface area contributed by atoms with Crippen LogP contribution in [0.25, 0.3) is 0 Å². The van der Waals surface area contributed by atoms with E-state index in [9.17, 15) is 23.2 Å². The van der Waals surface area contributed by atoms with Crippen molar-refractivity contribution >= 4 is 29.1 Å². The first-order chi connectivity index (χ1) is 15.1. The van der Waals surface area contributed by atoms with E-state index in [1.165, 1.54) is 11.0 Å². The maximum atomic E-state index is 13.7. The monoisotopic (exact) mass is 446 g/mol. The van der Waals surface area contributed by atoms with Gasteiger partial charge in [-0.1, -0.05) is 31.2 Å². The third-order valence-corrected chi connectivity index (χ3v) is 5.08. The molecule has 0 bridgehead atoms. The Hall–Kier alpha value is -3.33. The van der Waals surface area contributed by atoms with Crippen LogP contribution in [0, 0.1) is 25.5 Å². The summed E-state index contributed by atoms with van der Waals surface area (Å²) < 4.78 is 27.5. The number of likely N-dealkylation sites (N-methyl/N-ethyl adjacent to an activating group) is 1. The summed E-state index contributed by atoms with van der Waals surface area (Å²) in [4.78, 5) is 38.5. The fraction of sp³-hybridized carbons (Fsp3) is 0.348. The van der Waals surface area contributed by atoms with Crippen LogP contribution in [0.2, 0.25) is 0 Å². The van der Waals surface area contributed by atoms with E-state index in [4.69, 9.17) is 0 Å². The molecular weight excluding hydrogens is 418 g/mol. The highest BCUT2D eigenvalue weighted by atomic mass is 19.1. The van der Waals surface area contributed by atoms with Crippen LogP contribution in [0.4, 0.5) is 20.2 Å². The highest BCUT2D eigenvalue weighted by Gasteiger charge is 2.23. The van der Waals surface area contributed by atoms with E-state index in [0.29, 0.717) is 12.2 Å². The third kappa shape index (κ3) is 6.58. The van der Waals surface area contributed by atoms with Gasteiger partial charge in [-0.25, -0.2) is 8.78 Å². The number of carbonyl (C=O) groups excluding carboxylic acids is 3. The first kappa shape index (κ1) is 24.9. The second kappa shape index (κ2) is 11.3. The summed E-state index contributed by atoms with van der Waals surface area (Å²) in [5.41, 5.74) is 1.99. The Morgan fingerprint density at radius 3 is 2.00 bits per heavy atom. The summed E-state index contributed by atoms with van der Waals surface area (Å²) in [5.74, 6) is -3.26. The minimum atomic E-state index is -0.887. The Morgan fingerprint density at radius 1 is 0.906 bits per heavy atom. The number of halogens is 2. The number of hydrogen-bond acceptors (Lipinski definition) is 4. The quantitative estimate of drug-likeness (QED) is 0.552. The van der Waals surface area contributed by atoms with Crippen molar-refractivity contribution in [1.82, 2.24) is 10.2 Å². The average Bonchev–Trinajstić information content (AvgIpc) is 2.75. The molecule has 3 N–H and O–H groups in total. The van der Waals surface area contributed by atoms with Gasteiger partial charge in [0.25, 0.3) is 0 Å². The van der Waals surface area contributed by atoms with Crippen LogP contribution < -0.4 is 16.0 Å². The molecule has 172 valence electrons. The maximum absolute atomic E-state index is 13.7. The lowest BCUT2D eigenvalue weighted by Crippen LogP contribution is -2.49. The number of para-hydroxylation sites is 2. The van der Waals surface area contributed by atoms with E-state index in [1.54, 1.807) is 13.8 Å². The number of hydrogen-bond donors (Lipinski definition) is 3. The summed E-state index contributed by atoms with van der Waals surface area (Å²) >= 11 is 0. The predicted octanol–water partition coefficient (Wildman–Crippen LogP) is 2.99. The van der Waals surface area contributed by atoms with Gasteiger partial charge in [0, 0.05) is 5.69 Å². The summed E-state index contributed by atoms with van der Waals surface area (Å²) in [5, 5.41) is 7.54. The molecule has 0 aliphatic carbocycles. The second-order valence-corrected chi connectivity index (χ2v) is 7.42. The number of anilines is 2. The van der Waals surface area contributed by atoms with Gasteiger partial charge >= 0.3 is 0 Å². The van der Waals surface area contributed by atoms with Crippen LogP contribution in [-0.4, -0.2) is 48.3 Å². The molecule has 0 spiro atoms. The van der Waals surface area contributed by atoms with Crippen molar-refractivity contribution < 1.29 is 23.2 Å². The van der Waals surface area contributed by atoms with Gasteiger partial charge in [-0.2, -0.15) is 0 Å². The van der Waals surface area contributed by atoms with Gasteiger partial charge in [0.05, 0.1) is 19.1 Å². The van der Waals surface area contributed by atoms with Crippen molar-refractivity contribution in [1.29, 1.82) is 0 Å². The predicted molar refractivity (Wildman–Crippen MR) is 119 cm³/mol. The fourth-order valence-electron chi connectivity index (χ4n) is 3.18. The van der Waals surface area contributed by atoms with Gasteiger partial charge in [0.15, 0.2) is 0 Å². The first-order valence-corrected chi connectivity index (χ1v) is 10.3. The second-order valence-electron chi connectivity index (χ2n) is 7.42. The zero-order valence-electron chi connectivity index (χ0n) is 18.6. The van der Waals surface area contributed by atoms with E-state index in [0.717, 1.165) is 23.3 Å². The molecule has 2 rings (SSSR count). The Morgan fingerprint density at radius 2 is 1.44 bits per heavy atom. The minimum Gasteiger partial charge on any atom is -0.346 e. The molecule has 7 nitrogen and oxygen atoms in total. The summed E-state index contributed by atoms with van der Waals surface area (Å²) in [6.07, 6.45) is 0. The Balaban J connectivity index is 1.90. The molecule has 2 aromatic carbocycles. The largest absolute Gasteiger partial charge is 0.346 e. The topological polar surface area (TPSA) is 90.5 Å². The van der Waals surface area contributed by atoms with Crippen molar-refractivity contribution in [2.75, 3.05) is 30.3 Å². The zero-order valence-corrected chi connectivity index (χ0v) is 18.6. The number of rotatable bonds is 9. The Kier molecular flexibility index (Phi) is 8.83. The van der Waals surface area contributed by atoms with E-state index >= 15 is 0 Å². The molecule has 0 saturated heterocycles. The number of amides is 3. The standard InChI is InChI=1S/C23H28F2N4O3/c1-5-29(13-20(31)28-22-17(24)10-7-11-18(22)25)16(4)23(32)26-12-19(30)27-21-14(2)8-6-9-15(21)3/h6-11,16H,5,12-13H2,1-4H3,(H,26,32)(H,27,30)(H,28,31). The van der Waals surface area contributed by atoms with Crippen LogP contribution in [-0.2, 0) is 14.4 Å². The lowest BCUT2D eigenvalue weighted by molar-refractivity contribution is -0.129. The Bertz CT molecular complexity index is 957. The van der Waals surface area contributed by atoms with Gasteiger partial charge in [-0.3, -0.25) is 19.3 Å². The van der Waals surface area contributed by atoms with Crippen LogP contribution in [0.15, 0.2) is 36.4 Å². The molecule has 0 fully saturated rings. The van der Waals surface area contributed by atoms with Crippen LogP contribution in [0.5, 0.6) is 0 Å². The average molecular weight is 446 g/mol. The lowest BCUT2D eigenvalue weighted by Gasteiger charge is -2.26. The molecule has 9 heteroatoms.